The summed E-state index contributed by atoms with van der Waals surface area (Å²) in [4.78, 5) is 20.5. The van der Waals surface area contributed by atoms with Gasteiger partial charge in [0.1, 0.15) is 5.15 Å². The molecule has 1 N–H and O–H groups in total. The summed E-state index contributed by atoms with van der Waals surface area (Å²) in [6, 6.07) is 8.59. The number of nitrogens with zero attached hydrogens (tertiary/aromatic N) is 4. The number of carbonyl (C=O) groups excluding carboxylic acids is 1. The molecule has 0 aliphatic rings. The summed E-state index contributed by atoms with van der Waals surface area (Å²) in [6.07, 6.45) is 4.97. The lowest BCUT2D eigenvalue weighted by Gasteiger charge is -2.14. The second-order valence-electron chi connectivity index (χ2n) is 5.35. The van der Waals surface area contributed by atoms with Crippen molar-refractivity contribution in [3.63, 3.8) is 0 Å². The molecule has 0 radical (unpaired) electrons. The van der Waals surface area contributed by atoms with Crippen molar-refractivity contribution in [3.8, 4) is 5.82 Å². The first-order chi connectivity index (χ1) is 11.6. The van der Waals surface area contributed by atoms with Gasteiger partial charge in [0.15, 0.2) is 5.82 Å². The van der Waals surface area contributed by atoms with Crippen LogP contribution in [0.25, 0.3) is 5.82 Å². The molecular formula is C17H16ClN5O. The number of rotatable bonds is 4. The average molecular weight is 342 g/mol. The zero-order valence-corrected chi connectivity index (χ0v) is 14.0. The van der Waals surface area contributed by atoms with Gasteiger partial charge < -0.3 is 5.32 Å². The Bertz CT molecular complexity index is 862. The van der Waals surface area contributed by atoms with E-state index in [0.29, 0.717) is 5.56 Å². The Morgan fingerprint density at radius 3 is 2.79 bits per heavy atom. The minimum Gasteiger partial charge on any atom is -0.345 e. The molecule has 1 amide bonds. The highest BCUT2D eigenvalue weighted by Crippen LogP contribution is 2.20. The number of hydrogen-bond donors (Lipinski definition) is 1. The Hall–Kier alpha value is -2.73. The Kier molecular flexibility index (Phi) is 4.57. The fourth-order valence-corrected chi connectivity index (χ4v) is 2.63. The van der Waals surface area contributed by atoms with Gasteiger partial charge in [-0.15, -0.1) is 0 Å². The van der Waals surface area contributed by atoms with Crippen LogP contribution in [0.4, 0.5) is 0 Å². The highest BCUT2D eigenvalue weighted by atomic mass is 35.5. The summed E-state index contributed by atoms with van der Waals surface area (Å²) in [5.74, 6) is 0.525. The highest BCUT2D eigenvalue weighted by molar-refractivity contribution is 6.29. The van der Waals surface area contributed by atoms with Crippen molar-refractivity contribution in [1.29, 1.82) is 0 Å². The lowest BCUT2D eigenvalue weighted by molar-refractivity contribution is 0.0939. The molecule has 122 valence electrons. The molecule has 0 unspecified atom stereocenters. The van der Waals surface area contributed by atoms with Crippen LogP contribution < -0.4 is 5.32 Å². The van der Waals surface area contributed by atoms with Crippen molar-refractivity contribution in [3.05, 3.63) is 70.9 Å². The molecule has 3 heterocycles. The van der Waals surface area contributed by atoms with E-state index in [9.17, 15) is 4.79 Å². The van der Waals surface area contributed by atoms with Crippen LogP contribution >= 0.6 is 11.6 Å². The van der Waals surface area contributed by atoms with E-state index in [1.54, 1.807) is 23.1 Å². The number of amides is 1. The van der Waals surface area contributed by atoms with E-state index in [-0.39, 0.29) is 17.1 Å². The molecule has 0 saturated heterocycles. The zero-order chi connectivity index (χ0) is 17.1. The smallest absolute Gasteiger partial charge is 0.251 e. The van der Waals surface area contributed by atoms with Crippen molar-refractivity contribution in [1.82, 2.24) is 25.1 Å². The molecule has 0 saturated carbocycles. The van der Waals surface area contributed by atoms with Crippen LogP contribution in [-0.4, -0.2) is 25.7 Å². The van der Waals surface area contributed by atoms with E-state index >= 15 is 0 Å². The monoisotopic (exact) mass is 341 g/mol. The molecule has 7 heteroatoms. The van der Waals surface area contributed by atoms with Gasteiger partial charge in [-0.1, -0.05) is 17.7 Å². The average Bonchev–Trinajstić information content (AvgIpc) is 2.97. The van der Waals surface area contributed by atoms with Crippen molar-refractivity contribution < 1.29 is 4.79 Å². The van der Waals surface area contributed by atoms with Gasteiger partial charge in [0.05, 0.1) is 12.2 Å². The second-order valence-corrected chi connectivity index (χ2v) is 5.73. The van der Waals surface area contributed by atoms with Crippen molar-refractivity contribution >= 4 is 17.5 Å². The molecule has 0 spiro atoms. The lowest BCUT2D eigenvalue weighted by Crippen LogP contribution is -2.27. The Morgan fingerprint density at radius 1 is 1.25 bits per heavy atom. The Labute approximate surface area is 144 Å². The summed E-state index contributed by atoms with van der Waals surface area (Å²) in [5, 5.41) is 7.61. The molecule has 6 nitrogen and oxygen atoms in total. The molecule has 0 bridgehead atoms. The summed E-state index contributed by atoms with van der Waals surface area (Å²) in [6.45, 7) is 3.86. The lowest BCUT2D eigenvalue weighted by atomic mass is 10.1. The molecule has 3 aromatic rings. The van der Waals surface area contributed by atoms with Crippen molar-refractivity contribution in [2.24, 2.45) is 0 Å². The first kappa shape index (κ1) is 16.1. The van der Waals surface area contributed by atoms with E-state index in [0.717, 1.165) is 17.1 Å². The van der Waals surface area contributed by atoms with Gasteiger partial charge in [0.25, 0.3) is 5.91 Å². The van der Waals surface area contributed by atoms with Gasteiger partial charge in [-0.05, 0) is 38.1 Å². The van der Waals surface area contributed by atoms with E-state index in [4.69, 9.17) is 11.6 Å². The summed E-state index contributed by atoms with van der Waals surface area (Å²) in [5.41, 5.74) is 2.32. The topological polar surface area (TPSA) is 72.7 Å². The standard InChI is InChI=1S/C17H16ClN5O/c1-11(22-17(24)13-6-8-19-15(18)9-13)14-10-21-23(12(14)2)16-5-3-4-7-20-16/h3-11H,1-2H3,(H,22,24)/t11-/m1/s1. The van der Waals surface area contributed by atoms with Crippen LogP contribution in [0.1, 0.15) is 34.6 Å². The zero-order valence-electron chi connectivity index (χ0n) is 13.3. The number of halogens is 1. The molecule has 0 fully saturated rings. The molecular weight excluding hydrogens is 326 g/mol. The predicted molar refractivity (Wildman–Crippen MR) is 91.2 cm³/mol. The minimum atomic E-state index is -0.211. The van der Waals surface area contributed by atoms with Crippen LogP contribution in [0.3, 0.4) is 0 Å². The fraction of sp³-hybridized carbons (Fsp3) is 0.176. The van der Waals surface area contributed by atoms with E-state index in [1.165, 1.54) is 12.3 Å². The second kappa shape index (κ2) is 6.80. The van der Waals surface area contributed by atoms with E-state index in [1.807, 2.05) is 32.0 Å². The number of carbonyl (C=O) groups is 1. The van der Waals surface area contributed by atoms with Gasteiger partial charge in [-0.3, -0.25) is 4.79 Å². The quantitative estimate of drug-likeness (QED) is 0.740. The van der Waals surface area contributed by atoms with Gasteiger partial charge in [-0.2, -0.15) is 5.10 Å². The van der Waals surface area contributed by atoms with Crippen LogP contribution in [0, 0.1) is 6.92 Å². The molecule has 0 aliphatic heterocycles. The molecule has 0 aliphatic carbocycles. The first-order valence-electron chi connectivity index (χ1n) is 7.44. The fourth-order valence-electron chi connectivity index (χ4n) is 2.46. The van der Waals surface area contributed by atoms with Gasteiger partial charge in [0.2, 0.25) is 0 Å². The summed E-state index contributed by atoms with van der Waals surface area (Å²) < 4.78 is 1.75. The summed E-state index contributed by atoms with van der Waals surface area (Å²) in [7, 11) is 0. The first-order valence-corrected chi connectivity index (χ1v) is 7.82. The maximum atomic E-state index is 12.3. The largest absolute Gasteiger partial charge is 0.345 e. The SMILES string of the molecule is Cc1c([C@@H](C)NC(=O)c2ccnc(Cl)c2)cnn1-c1ccccn1. The number of hydrogen-bond acceptors (Lipinski definition) is 4. The Balaban J connectivity index is 1.80. The highest BCUT2D eigenvalue weighted by Gasteiger charge is 2.17. The Morgan fingerprint density at radius 2 is 2.08 bits per heavy atom. The van der Waals surface area contributed by atoms with Crippen LogP contribution in [0.5, 0.6) is 0 Å². The van der Waals surface area contributed by atoms with E-state index in [2.05, 4.69) is 20.4 Å². The van der Waals surface area contributed by atoms with Crippen LogP contribution in [0.15, 0.2) is 48.9 Å². The number of nitrogens with one attached hydrogen (secondary N) is 1. The van der Waals surface area contributed by atoms with Crippen LogP contribution in [0.2, 0.25) is 5.15 Å². The third-order valence-corrected chi connectivity index (χ3v) is 3.92. The molecule has 24 heavy (non-hydrogen) atoms. The van der Waals surface area contributed by atoms with Gasteiger partial charge in [0, 0.05) is 29.2 Å². The van der Waals surface area contributed by atoms with Gasteiger partial charge >= 0.3 is 0 Å². The third-order valence-electron chi connectivity index (χ3n) is 3.72. The van der Waals surface area contributed by atoms with Gasteiger partial charge in [-0.25, -0.2) is 14.6 Å². The number of aromatic nitrogens is 4. The number of pyridine rings is 2. The molecule has 3 rings (SSSR count). The van der Waals surface area contributed by atoms with Crippen molar-refractivity contribution in [2.75, 3.05) is 0 Å². The minimum absolute atomic E-state index is 0.207. The molecule has 0 aromatic carbocycles. The van der Waals surface area contributed by atoms with E-state index < -0.39 is 0 Å². The maximum Gasteiger partial charge on any atom is 0.251 e. The normalized spacial score (nSPS) is 12.0. The van der Waals surface area contributed by atoms with Crippen molar-refractivity contribution in [2.45, 2.75) is 19.9 Å². The summed E-state index contributed by atoms with van der Waals surface area (Å²) >= 11 is 5.83. The molecule has 3 aromatic heterocycles. The maximum absolute atomic E-state index is 12.3. The molecule has 1 atom stereocenters. The predicted octanol–water partition coefficient (Wildman–Crippen LogP) is 3.12. The van der Waals surface area contributed by atoms with Crippen LogP contribution in [-0.2, 0) is 0 Å². The third kappa shape index (κ3) is 3.28.